The molecule has 1 rings (SSSR count). The van der Waals surface area contributed by atoms with Gasteiger partial charge in [-0.1, -0.05) is 340 Å². The molecule has 676 valence electrons. The van der Waals surface area contributed by atoms with E-state index in [1.54, 1.807) is 13.8 Å². The van der Waals surface area contributed by atoms with E-state index in [2.05, 4.69) is 178 Å². The second-order valence-corrected chi connectivity index (χ2v) is 43.2. The van der Waals surface area contributed by atoms with Crippen molar-refractivity contribution in [3.63, 3.8) is 0 Å². The van der Waals surface area contributed by atoms with Crippen molar-refractivity contribution in [2.24, 2.45) is 147 Å². The molecule has 0 heterocycles. The zero-order valence-corrected chi connectivity index (χ0v) is 86.2. The molecule has 1 N–H and O–H groups in total. The summed E-state index contributed by atoms with van der Waals surface area (Å²) in [4.78, 5) is 15.9. The Bertz CT molecular complexity index is 2080. The van der Waals surface area contributed by atoms with Crippen LogP contribution in [0.5, 0.6) is 0 Å². The normalized spacial score (nSPS) is 15.4. The van der Waals surface area contributed by atoms with Gasteiger partial charge in [-0.3, -0.25) is 4.79 Å². The second kappa shape index (κ2) is 65.9. The summed E-state index contributed by atoms with van der Waals surface area (Å²) in [7, 11) is -4.60. The van der Waals surface area contributed by atoms with Gasteiger partial charge in [0, 0.05) is 11.0 Å². The van der Waals surface area contributed by atoms with Gasteiger partial charge in [0.15, 0.2) is 0 Å². The third-order valence-electron chi connectivity index (χ3n) is 32.9. The summed E-state index contributed by atoms with van der Waals surface area (Å²) in [5, 5.41) is 3.39. The molecular weight excluding hydrogens is 1420 g/mol. The first-order valence-electron chi connectivity index (χ1n) is 52.2. The van der Waals surface area contributed by atoms with E-state index in [9.17, 15) is 13.0 Å². The summed E-state index contributed by atoms with van der Waals surface area (Å²) in [6.07, 6.45) is 67.1. The Morgan fingerprint density at radius 2 is 0.412 bits per heavy atom. The van der Waals surface area contributed by atoms with Gasteiger partial charge in [-0.2, -0.15) is 0 Å². The van der Waals surface area contributed by atoms with E-state index in [1.807, 2.05) is 0 Å². The van der Waals surface area contributed by atoms with E-state index < -0.39 is 26.8 Å². The zero-order valence-electron chi connectivity index (χ0n) is 83.4. The molecule has 5 unspecified atom stereocenters. The monoisotopic (exact) mass is 1630 g/mol. The van der Waals surface area contributed by atoms with Crippen LogP contribution in [0.15, 0.2) is 0 Å². The molecule has 0 saturated heterocycles. The van der Waals surface area contributed by atoms with Crippen LogP contribution >= 0.6 is 0 Å². The number of hydrogen-bond acceptors (Lipinski definition) is 4. The maximum Gasteiger partial charge on any atom is 1.00 e. The summed E-state index contributed by atoms with van der Waals surface area (Å²) in [5.41, 5.74) is -1.71. The van der Waals surface area contributed by atoms with Crippen LogP contribution in [0, 0.1) is 147 Å². The number of rotatable bonds is 78. The van der Waals surface area contributed by atoms with Gasteiger partial charge in [-0.25, -0.2) is 8.42 Å². The van der Waals surface area contributed by atoms with Gasteiger partial charge < -0.3 is 9.87 Å². The van der Waals surface area contributed by atoms with E-state index in [0.29, 0.717) is 41.4 Å². The maximum atomic E-state index is 15.9. The van der Waals surface area contributed by atoms with Gasteiger partial charge in [0.2, 0.25) is 5.91 Å². The molecule has 5 nitrogen and oxygen atoms in total. The van der Waals surface area contributed by atoms with Crippen molar-refractivity contribution in [3.05, 3.63) is 0 Å². The van der Waals surface area contributed by atoms with E-state index in [1.165, 1.54) is 315 Å². The maximum absolute atomic E-state index is 15.9. The van der Waals surface area contributed by atoms with Gasteiger partial charge in [-0.15, -0.1) is 0 Å². The molecule has 114 heavy (non-hydrogen) atoms. The van der Waals surface area contributed by atoms with Crippen molar-refractivity contribution >= 4 is 16.0 Å². The molecular formula is C107H212NNaO4S. The van der Waals surface area contributed by atoms with E-state index in [0.717, 1.165) is 120 Å². The predicted molar refractivity (Wildman–Crippen MR) is 505 cm³/mol. The van der Waals surface area contributed by atoms with Crippen LogP contribution in [0.25, 0.3) is 0 Å². The predicted octanol–water partition coefficient (Wildman–Crippen LogP) is 32.0. The topological polar surface area (TPSA) is 86.3 Å². The number of amides is 1. The average molecular weight is 1630 g/mol. The second-order valence-electron chi connectivity index (χ2n) is 41.8. The minimum absolute atomic E-state index is 0. The quantitative estimate of drug-likeness (QED) is 0.0486. The Morgan fingerprint density at radius 3 is 0.561 bits per heavy atom. The van der Waals surface area contributed by atoms with E-state index in [-0.39, 0.29) is 35.5 Å². The van der Waals surface area contributed by atoms with Crippen LogP contribution < -0.4 is 34.9 Å². The minimum Gasteiger partial charge on any atom is -0.748 e. The Kier molecular flexibility index (Phi) is 66.1. The molecule has 0 spiro atoms. The Balaban J connectivity index is 0.000128. The first kappa shape index (κ1) is 114. The van der Waals surface area contributed by atoms with Gasteiger partial charge in [-0.05, 0) is 323 Å². The molecule has 5 atom stereocenters. The molecule has 1 fully saturated rings. The van der Waals surface area contributed by atoms with Crippen molar-refractivity contribution in [1.82, 2.24) is 5.32 Å². The van der Waals surface area contributed by atoms with Crippen molar-refractivity contribution in [2.45, 2.75) is 526 Å². The smallest absolute Gasteiger partial charge is 0.748 e. The fourth-order valence-corrected chi connectivity index (χ4v) is 25.3. The minimum atomic E-state index is -4.60. The van der Waals surface area contributed by atoms with Crippen molar-refractivity contribution in [3.8, 4) is 0 Å². The molecule has 0 aliphatic heterocycles. The van der Waals surface area contributed by atoms with E-state index >= 15 is 4.79 Å². The van der Waals surface area contributed by atoms with Crippen molar-refractivity contribution in [1.29, 1.82) is 0 Å². The standard InChI is InChI=1S/C107H213NO4S.Na/c1-28-53-92(51-24)67-93(52-25)68-99(66-91(49-22)50-23)74-102(73-98(64-89(45-18)46-19)65-90(47-20)48-21)77-104(79-107(54-55-107)105(109)108-106(26,27)80-113(110,111)112)78-103(75-100(69-94(56-81(29-2)30-3)57-82(31-4)32-5)70-95(58-83(33-6)34-7)59-84(35-8)36-9)76-101(71-96(60-85(37-10)38-11)61-86(39-12)40-13)72-97(62-87(41-14)42-15)63-88(43-16)44-17;/h81-104H,28-80H2,1-27H3,(H,108,109)(H,110,111,112);/q;+1/p-1. The molecule has 1 saturated carbocycles. The summed E-state index contributed by atoms with van der Waals surface area (Å²) < 4.78 is 38.4. The third kappa shape index (κ3) is 48.0. The summed E-state index contributed by atoms with van der Waals surface area (Å²) in [5.74, 6) is 16.5. The van der Waals surface area contributed by atoms with Gasteiger partial charge in [0.05, 0.1) is 15.9 Å². The van der Waals surface area contributed by atoms with Gasteiger partial charge in [0.25, 0.3) is 0 Å². The van der Waals surface area contributed by atoms with Crippen LogP contribution in [0.1, 0.15) is 521 Å². The van der Waals surface area contributed by atoms with Gasteiger partial charge in [0.1, 0.15) is 0 Å². The molecule has 0 bridgehead atoms. The fraction of sp³-hybridized carbons (Fsp3) is 0.991. The summed E-state index contributed by atoms with van der Waals surface area (Å²) in [6, 6.07) is 0. The molecule has 1 amide bonds. The Morgan fingerprint density at radius 1 is 0.263 bits per heavy atom. The van der Waals surface area contributed by atoms with E-state index in [4.69, 9.17) is 0 Å². The summed E-state index contributed by atoms with van der Waals surface area (Å²) in [6.45, 7) is 66.1. The molecule has 0 aromatic rings. The molecule has 0 radical (unpaired) electrons. The van der Waals surface area contributed by atoms with Gasteiger partial charge >= 0.3 is 29.6 Å². The largest absolute Gasteiger partial charge is 1.00 e. The average Bonchev–Trinajstić information content (AvgIpc) is 1.62. The number of hydrogen-bond donors (Lipinski definition) is 1. The Labute approximate surface area is 742 Å². The Hall–Kier alpha value is 0.380. The fourth-order valence-electron chi connectivity index (χ4n) is 24.3. The van der Waals surface area contributed by atoms with Crippen LogP contribution in [-0.4, -0.2) is 30.2 Å². The van der Waals surface area contributed by atoms with Crippen LogP contribution in [0.3, 0.4) is 0 Å². The first-order valence-corrected chi connectivity index (χ1v) is 53.8. The third-order valence-corrected chi connectivity index (χ3v) is 34.0. The molecule has 1 aliphatic rings. The van der Waals surface area contributed by atoms with Crippen LogP contribution in [-0.2, 0) is 14.9 Å². The molecule has 1 aliphatic carbocycles. The number of nitrogens with one attached hydrogen (secondary N) is 1. The SMILES string of the molecule is CCCC(CC)CC(CC)CC(CC(CC)CC)CC(CC(CC(CC)CC)CC(CC)CC)CC(CC(CC(CC(CC(CC)CC)CC(CC)CC)CC(CC(CC)CC)CC(CC)CC)CC(CC(CC(CC)CC)CC(CC)CC)CC(CC(CC)CC)CC(CC)CC)CC1(C(=O)NC(C)(C)CS(=O)(=O)[O-])CC1.[Na+]. The van der Waals surface area contributed by atoms with Crippen LogP contribution in [0.2, 0.25) is 0 Å². The van der Waals surface area contributed by atoms with Crippen LogP contribution in [0.4, 0.5) is 0 Å². The zero-order chi connectivity index (χ0) is 85.1. The first-order chi connectivity index (χ1) is 54.0. The number of carbonyl (C=O) groups is 1. The number of carbonyl (C=O) groups excluding carboxylic acids is 1. The van der Waals surface area contributed by atoms with Crippen molar-refractivity contribution < 1.29 is 47.3 Å². The molecule has 7 heteroatoms. The van der Waals surface area contributed by atoms with Crippen molar-refractivity contribution in [2.75, 3.05) is 5.75 Å². The molecule has 0 aromatic heterocycles. The summed E-state index contributed by atoms with van der Waals surface area (Å²) >= 11 is 0. The molecule has 0 aromatic carbocycles.